The van der Waals surface area contributed by atoms with Gasteiger partial charge in [-0.25, -0.2) is 4.68 Å². The number of nitrogens with zero attached hydrogens (tertiary/aromatic N) is 2. The largest absolute Gasteiger partial charge is 0.494 e. The van der Waals surface area contributed by atoms with Gasteiger partial charge in [0.25, 0.3) is 5.91 Å². The van der Waals surface area contributed by atoms with Gasteiger partial charge in [-0.05, 0) is 55.8 Å². The summed E-state index contributed by atoms with van der Waals surface area (Å²) in [5, 5.41) is 10.7. The molecule has 0 spiro atoms. The number of benzene rings is 3. The van der Waals surface area contributed by atoms with E-state index in [-0.39, 0.29) is 11.8 Å². The van der Waals surface area contributed by atoms with Gasteiger partial charge in [-0.1, -0.05) is 48.5 Å². The predicted octanol–water partition coefficient (Wildman–Crippen LogP) is 4.46. The Balaban J connectivity index is 1.61. The molecule has 0 aliphatic carbocycles. The fourth-order valence-corrected chi connectivity index (χ4v) is 4.56. The van der Waals surface area contributed by atoms with Gasteiger partial charge in [0.05, 0.1) is 18.0 Å². The molecule has 2 N–H and O–H groups in total. The second kappa shape index (κ2) is 9.46. The molecule has 2 amide bonds. The van der Waals surface area contributed by atoms with Gasteiger partial charge in [0.15, 0.2) is 0 Å². The molecule has 5 rings (SSSR count). The first-order valence-corrected chi connectivity index (χ1v) is 11.6. The molecule has 1 aliphatic rings. The Bertz CT molecular complexity index is 1350. The van der Waals surface area contributed by atoms with Crippen molar-refractivity contribution >= 4 is 17.6 Å². The van der Waals surface area contributed by atoms with Gasteiger partial charge in [-0.15, -0.1) is 0 Å². The number of para-hydroxylation sites is 1. The molecule has 0 saturated carbocycles. The van der Waals surface area contributed by atoms with Crippen LogP contribution in [0.15, 0.2) is 84.9 Å². The second-order valence-corrected chi connectivity index (χ2v) is 8.38. The molecular formula is C28H26N4O3. The van der Waals surface area contributed by atoms with Crippen molar-refractivity contribution in [1.82, 2.24) is 15.1 Å². The van der Waals surface area contributed by atoms with Crippen molar-refractivity contribution in [3.63, 3.8) is 0 Å². The first kappa shape index (κ1) is 22.4. The molecule has 0 unspecified atom stereocenters. The highest BCUT2D eigenvalue weighted by Crippen LogP contribution is 2.41. The third-order valence-electron chi connectivity index (χ3n) is 6.15. The number of nitrogens with one attached hydrogen (secondary N) is 2. The van der Waals surface area contributed by atoms with Crippen molar-refractivity contribution in [3.05, 3.63) is 107 Å². The number of carbonyl (C=O) groups is 2. The molecule has 0 saturated heterocycles. The van der Waals surface area contributed by atoms with Crippen molar-refractivity contribution in [3.8, 4) is 11.4 Å². The first-order valence-electron chi connectivity index (χ1n) is 11.6. The van der Waals surface area contributed by atoms with E-state index in [0.717, 1.165) is 28.3 Å². The number of aryl methyl sites for hydroxylation is 1. The van der Waals surface area contributed by atoms with Crippen molar-refractivity contribution in [2.45, 2.75) is 25.8 Å². The van der Waals surface area contributed by atoms with Crippen LogP contribution in [0.4, 0.5) is 5.82 Å². The minimum Gasteiger partial charge on any atom is -0.494 e. The molecule has 35 heavy (non-hydrogen) atoms. The Labute approximate surface area is 203 Å². The molecule has 7 nitrogen and oxygen atoms in total. The predicted molar refractivity (Wildman–Crippen MR) is 134 cm³/mol. The van der Waals surface area contributed by atoms with E-state index in [9.17, 15) is 9.59 Å². The zero-order valence-corrected chi connectivity index (χ0v) is 19.6. The topological polar surface area (TPSA) is 85.2 Å². The van der Waals surface area contributed by atoms with E-state index in [2.05, 4.69) is 10.6 Å². The highest BCUT2D eigenvalue weighted by molar-refractivity contribution is 6.04. The lowest BCUT2D eigenvalue weighted by Gasteiger charge is -2.33. The normalized spacial score (nSPS) is 16.8. The monoisotopic (exact) mass is 466 g/mol. The summed E-state index contributed by atoms with van der Waals surface area (Å²) >= 11 is 0. The number of amides is 2. The van der Waals surface area contributed by atoms with Crippen LogP contribution in [0.3, 0.4) is 0 Å². The van der Waals surface area contributed by atoms with Crippen LogP contribution in [0.25, 0.3) is 5.69 Å². The van der Waals surface area contributed by atoms with Crippen LogP contribution < -0.4 is 15.4 Å². The highest BCUT2D eigenvalue weighted by Gasteiger charge is 2.41. The smallest absolute Gasteiger partial charge is 0.251 e. The zero-order chi connectivity index (χ0) is 24.4. The van der Waals surface area contributed by atoms with E-state index in [1.54, 1.807) is 28.9 Å². The van der Waals surface area contributed by atoms with Gasteiger partial charge >= 0.3 is 0 Å². The molecule has 1 aromatic heterocycles. The summed E-state index contributed by atoms with van der Waals surface area (Å²) in [4.78, 5) is 26.5. The fourth-order valence-electron chi connectivity index (χ4n) is 4.56. The number of anilines is 1. The van der Waals surface area contributed by atoms with Gasteiger partial charge in [0.1, 0.15) is 17.6 Å². The molecule has 2 heterocycles. The van der Waals surface area contributed by atoms with Crippen LogP contribution in [0.1, 0.15) is 40.0 Å². The Morgan fingerprint density at radius 3 is 2.31 bits per heavy atom. The Morgan fingerprint density at radius 1 is 1.00 bits per heavy atom. The summed E-state index contributed by atoms with van der Waals surface area (Å²) in [6, 6.07) is 25.4. The molecule has 3 aromatic carbocycles. The first-order chi connectivity index (χ1) is 17.1. The van der Waals surface area contributed by atoms with Gasteiger partial charge in [0, 0.05) is 17.0 Å². The maximum atomic E-state index is 13.5. The van der Waals surface area contributed by atoms with E-state index < -0.39 is 12.0 Å². The van der Waals surface area contributed by atoms with E-state index in [1.165, 1.54) is 0 Å². The lowest BCUT2D eigenvalue weighted by atomic mass is 9.81. The quantitative estimate of drug-likeness (QED) is 0.439. The van der Waals surface area contributed by atoms with E-state index >= 15 is 0 Å². The van der Waals surface area contributed by atoms with Crippen LogP contribution in [-0.4, -0.2) is 34.2 Å². The van der Waals surface area contributed by atoms with Crippen LogP contribution in [-0.2, 0) is 4.79 Å². The van der Waals surface area contributed by atoms with E-state index in [0.29, 0.717) is 18.0 Å². The molecule has 4 aromatic rings. The minimum absolute atomic E-state index is 0.294. The molecule has 0 radical (unpaired) electrons. The van der Waals surface area contributed by atoms with Crippen LogP contribution >= 0.6 is 0 Å². The van der Waals surface area contributed by atoms with Crippen molar-refractivity contribution in [2.24, 2.45) is 0 Å². The van der Waals surface area contributed by atoms with Crippen LogP contribution in [0.2, 0.25) is 0 Å². The lowest BCUT2D eigenvalue weighted by molar-refractivity contribution is -0.118. The summed E-state index contributed by atoms with van der Waals surface area (Å²) in [6.07, 6.45) is 0. The summed E-state index contributed by atoms with van der Waals surface area (Å²) < 4.78 is 7.36. The lowest BCUT2D eigenvalue weighted by Crippen LogP contribution is -2.50. The zero-order valence-electron chi connectivity index (χ0n) is 19.6. The average Bonchev–Trinajstić information content (AvgIpc) is 3.22. The van der Waals surface area contributed by atoms with E-state index in [1.807, 2.05) is 74.5 Å². The molecule has 7 heteroatoms. The Morgan fingerprint density at radius 2 is 1.66 bits per heavy atom. The molecular weight excluding hydrogens is 440 g/mol. The summed E-state index contributed by atoms with van der Waals surface area (Å²) in [7, 11) is 0. The molecule has 0 bridgehead atoms. The number of carbonyl (C=O) groups excluding carboxylic acids is 2. The number of rotatable bonds is 6. The fraction of sp³-hybridized carbons (Fsp3) is 0.179. The number of ether oxygens (including phenoxy) is 1. The number of aromatic nitrogens is 2. The average molecular weight is 467 g/mol. The number of hydrogen-bond acceptors (Lipinski definition) is 4. The summed E-state index contributed by atoms with van der Waals surface area (Å²) in [5.41, 5.74) is 3.87. The maximum absolute atomic E-state index is 13.5. The minimum atomic E-state index is -0.819. The van der Waals surface area contributed by atoms with E-state index in [4.69, 9.17) is 9.84 Å². The van der Waals surface area contributed by atoms with Gasteiger partial charge in [0.2, 0.25) is 5.91 Å². The van der Waals surface area contributed by atoms with Crippen molar-refractivity contribution in [2.75, 3.05) is 11.9 Å². The Kier molecular flexibility index (Phi) is 6.06. The molecule has 1 aliphatic heterocycles. The summed E-state index contributed by atoms with van der Waals surface area (Å²) in [5.74, 6) is 0.330. The second-order valence-electron chi connectivity index (χ2n) is 8.38. The molecule has 176 valence electrons. The SMILES string of the molecule is CCOc1ccc([C@H]2c3c(C)nn(-c4ccccc4)c3NC(=O)[C@@H]2NC(=O)c2ccccc2)cc1. The summed E-state index contributed by atoms with van der Waals surface area (Å²) in [6.45, 7) is 4.42. The number of hydrogen-bond donors (Lipinski definition) is 2. The van der Waals surface area contributed by atoms with Gasteiger partial charge in [-0.3, -0.25) is 9.59 Å². The third-order valence-corrected chi connectivity index (χ3v) is 6.15. The molecule has 2 atom stereocenters. The molecule has 0 fully saturated rings. The van der Waals surface area contributed by atoms with Crippen LogP contribution in [0, 0.1) is 6.92 Å². The van der Waals surface area contributed by atoms with Crippen LogP contribution in [0.5, 0.6) is 5.75 Å². The van der Waals surface area contributed by atoms with Crippen molar-refractivity contribution < 1.29 is 14.3 Å². The Hall–Kier alpha value is -4.39. The van der Waals surface area contributed by atoms with Gasteiger partial charge < -0.3 is 15.4 Å². The van der Waals surface area contributed by atoms with Gasteiger partial charge in [-0.2, -0.15) is 5.10 Å². The highest BCUT2D eigenvalue weighted by atomic mass is 16.5. The third kappa shape index (κ3) is 4.28. The number of fused-ring (bicyclic) bond motifs is 1. The standard InChI is InChI=1S/C28H26N4O3/c1-3-35-22-16-14-19(15-17-22)24-23-18(2)31-32(21-12-8-5-9-13-21)26(23)30-28(34)25(24)29-27(33)20-10-6-4-7-11-20/h4-17,24-25H,3H2,1-2H3,(H,29,33)(H,30,34)/t24-,25+/m0/s1. The maximum Gasteiger partial charge on any atom is 0.251 e. The van der Waals surface area contributed by atoms with Crippen molar-refractivity contribution in [1.29, 1.82) is 0 Å².